The van der Waals surface area contributed by atoms with Crippen molar-refractivity contribution in [2.45, 2.75) is 6.10 Å². The third-order valence-corrected chi connectivity index (χ3v) is 4.09. The standard InChI is InChI=1S/C18H19ClN2O4/c1-23-16-5-3-11(7-17(16)24-2)18-21-14-8-12(4-6-15(14)25-18)20-10-13(22)9-19/h3-8,13,20,22H,9-10H2,1-2H3. The number of fused-ring (bicyclic) bond motifs is 1. The van der Waals surface area contributed by atoms with E-state index in [2.05, 4.69) is 10.3 Å². The minimum Gasteiger partial charge on any atom is -0.493 e. The van der Waals surface area contributed by atoms with Gasteiger partial charge in [0.1, 0.15) is 5.52 Å². The number of anilines is 1. The van der Waals surface area contributed by atoms with Gasteiger partial charge >= 0.3 is 0 Å². The molecule has 3 aromatic rings. The zero-order valence-corrected chi connectivity index (χ0v) is 14.7. The van der Waals surface area contributed by atoms with E-state index in [1.807, 2.05) is 36.4 Å². The summed E-state index contributed by atoms with van der Waals surface area (Å²) in [7, 11) is 3.17. The van der Waals surface area contributed by atoms with Gasteiger partial charge in [0.25, 0.3) is 0 Å². The van der Waals surface area contributed by atoms with Crippen molar-refractivity contribution < 1.29 is 19.0 Å². The minimum atomic E-state index is -0.600. The lowest BCUT2D eigenvalue weighted by atomic mass is 10.2. The second kappa shape index (κ2) is 7.63. The molecule has 0 fully saturated rings. The number of nitrogens with zero attached hydrogens (tertiary/aromatic N) is 1. The fourth-order valence-electron chi connectivity index (χ4n) is 2.42. The van der Waals surface area contributed by atoms with Crippen LogP contribution in [0.5, 0.6) is 11.5 Å². The largest absolute Gasteiger partial charge is 0.493 e. The van der Waals surface area contributed by atoms with Crippen LogP contribution in [0, 0.1) is 0 Å². The van der Waals surface area contributed by atoms with Crippen LogP contribution < -0.4 is 14.8 Å². The Morgan fingerprint density at radius 2 is 1.96 bits per heavy atom. The number of hydrogen-bond donors (Lipinski definition) is 2. The molecule has 0 amide bonds. The summed E-state index contributed by atoms with van der Waals surface area (Å²) in [4.78, 5) is 4.53. The third-order valence-electron chi connectivity index (χ3n) is 3.74. The van der Waals surface area contributed by atoms with E-state index in [0.29, 0.717) is 29.5 Å². The molecule has 1 heterocycles. The normalized spacial score (nSPS) is 12.2. The Kier molecular flexibility index (Phi) is 5.31. The average Bonchev–Trinajstić information content (AvgIpc) is 3.08. The first-order valence-corrected chi connectivity index (χ1v) is 8.29. The summed E-state index contributed by atoms with van der Waals surface area (Å²) < 4.78 is 16.4. The molecule has 6 nitrogen and oxygen atoms in total. The second-order valence-electron chi connectivity index (χ2n) is 5.46. The zero-order chi connectivity index (χ0) is 17.8. The highest BCUT2D eigenvalue weighted by molar-refractivity contribution is 6.18. The first-order valence-electron chi connectivity index (χ1n) is 7.75. The van der Waals surface area contributed by atoms with E-state index in [0.717, 1.165) is 16.8 Å². The summed E-state index contributed by atoms with van der Waals surface area (Å²) in [5, 5.41) is 12.6. The summed E-state index contributed by atoms with van der Waals surface area (Å²) in [5.74, 6) is 1.93. The van der Waals surface area contributed by atoms with E-state index in [9.17, 15) is 5.11 Å². The number of ether oxygens (including phenoxy) is 2. The monoisotopic (exact) mass is 362 g/mol. The Morgan fingerprint density at radius 3 is 2.68 bits per heavy atom. The van der Waals surface area contributed by atoms with Crippen molar-refractivity contribution in [3.63, 3.8) is 0 Å². The molecule has 25 heavy (non-hydrogen) atoms. The molecule has 1 atom stereocenters. The quantitative estimate of drug-likeness (QED) is 0.626. The van der Waals surface area contributed by atoms with Crippen LogP contribution in [0.25, 0.3) is 22.6 Å². The lowest BCUT2D eigenvalue weighted by Gasteiger charge is -2.09. The summed E-state index contributed by atoms with van der Waals surface area (Å²) in [6.07, 6.45) is -0.600. The number of aromatic nitrogens is 1. The van der Waals surface area contributed by atoms with Crippen molar-refractivity contribution in [3.8, 4) is 23.0 Å². The van der Waals surface area contributed by atoms with Crippen LogP contribution in [0.4, 0.5) is 5.69 Å². The van der Waals surface area contributed by atoms with Gasteiger partial charge < -0.3 is 24.3 Å². The molecule has 0 bridgehead atoms. The van der Waals surface area contributed by atoms with Gasteiger partial charge in [-0.3, -0.25) is 0 Å². The van der Waals surface area contributed by atoms with Crippen molar-refractivity contribution in [2.24, 2.45) is 0 Å². The van der Waals surface area contributed by atoms with Gasteiger partial charge in [-0.15, -0.1) is 11.6 Å². The number of aliphatic hydroxyl groups excluding tert-OH is 1. The van der Waals surface area contributed by atoms with Gasteiger partial charge in [0.2, 0.25) is 5.89 Å². The number of rotatable bonds is 7. The highest BCUT2D eigenvalue weighted by Crippen LogP contribution is 2.33. The molecule has 0 aliphatic heterocycles. The van der Waals surface area contributed by atoms with Crippen LogP contribution in [-0.4, -0.2) is 42.8 Å². The number of alkyl halides is 1. The Balaban J connectivity index is 1.88. The van der Waals surface area contributed by atoms with Crippen LogP contribution >= 0.6 is 11.6 Å². The van der Waals surface area contributed by atoms with Gasteiger partial charge in [-0.2, -0.15) is 0 Å². The van der Waals surface area contributed by atoms with E-state index >= 15 is 0 Å². The van der Waals surface area contributed by atoms with Crippen LogP contribution in [0.3, 0.4) is 0 Å². The van der Waals surface area contributed by atoms with E-state index in [4.69, 9.17) is 25.5 Å². The first-order chi connectivity index (χ1) is 12.1. The predicted molar refractivity (Wildman–Crippen MR) is 97.8 cm³/mol. The number of halogens is 1. The highest BCUT2D eigenvalue weighted by Gasteiger charge is 2.12. The van der Waals surface area contributed by atoms with E-state index in [1.54, 1.807) is 14.2 Å². The summed E-state index contributed by atoms with van der Waals surface area (Å²) >= 11 is 5.59. The smallest absolute Gasteiger partial charge is 0.227 e. The molecular weight excluding hydrogens is 344 g/mol. The molecule has 0 radical (unpaired) electrons. The van der Waals surface area contributed by atoms with Gasteiger partial charge in [0.15, 0.2) is 17.1 Å². The van der Waals surface area contributed by atoms with E-state index < -0.39 is 6.10 Å². The molecule has 2 N–H and O–H groups in total. The fraction of sp³-hybridized carbons (Fsp3) is 0.278. The lowest BCUT2D eigenvalue weighted by Crippen LogP contribution is -2.20. The number of methoxy groups -OCH3 is 2. The Hall–Kier alpha value is -2.44. The van der Waals surface area contributed by atoms with Crippen LogP contribution in [-0.2, 0) is 0 Å². The van der Waals surface area contributed by atoms with Crippen molar-refractivity contribution in [2.75, 3.05) is 32.0 Å². The Labute approximate surface area is 150 Å². The lowest BCUT2D eigenvalue weighted by molar-refractivity contribution is 0.211. The van der Waals surface area contributed by atoms with Crippen LogP contribution in [0.1, 0.15) is 0 Å². The summed E-state index contributed by atoms with van der Waals surface area (Å²) in [6, 6.07) is 11.1. The number of nitrogens with one attached hydrogen (secondary N) is 1. The van der Waals surface area contributed by atoms with Gasteiger partial charge in [-0.1, -0.05) is 0 Å². The summed E-state index contributed by atoms with van der Waals surface area (Å²) in [5.41, 5.74) is 3.02. The summed E-state index contributed by atoms with van der Waals surface area (Å²) in [6.45, 7) is 0.370. The number of benzene rings is 2. The maximum atomic E-state index is 9.53. The predicted octanol–water partition coefficient (Wildman–Crippen LogP) is 3.52. The minimum absolute atomic E-state index is 0.183. The third kappa shape index (κ3) is 3.81. The molecule has 1 unspecified atom stereocenters. The molecule has 0 spiro atoms. The fourth-order valence-corrected chi connectivity index (χ4v) is 2.53. The van der Waals surface area contributed by atoms with Crippen LogP contribution in [0.15, 0.2) is 40.8 Å². The topological polar surface area (TPSA) is 76.8 Å². The first kappa shape index (κ1) is 17.4. The van der Waals surface area contributed by atoms with Gasteiger partial charge in [-0.25, -0.2) is 4.98 Å². The molecular formula is C18H19ClN2O4. The van der Waals surface area contributed by atoms with Gasteiger partial charge in [0.05, 0.1) is 26.2 Å². The van der Waals surface area contributed by atoms with E-state index in [-0.39, 0.29) is 5.88 Å². The van der Waals surface area contributed by atoms with E-state index in [1.165, 1.54) is 0 Å². The molecule has 0 aliphatic carbocycles. The number of hydrogen-bond acceptors (Lipinski definition) is 6. The molecule has 132 valence electrons. The SMILES string of the molecule is COc1ccc(-c2nc3cc(NCC(O)CCl)ccc3o2)cc1OC. The molecule has 3 rings (SSSR count). The maximum Gasteiger partial charge on any atom is 0.227 e. The van der Waals surface area contributed by atoms with Gasteiger partial charge in [0, 0.05) is 17.8 Å². The second-order valence-corrected chi connectivity index (χ2v) is 5.77. The molecule has 1 aromatic heterocycles. The maximum absolute atomic E-state index is 9.53. The van der Waals surface area contributed by atoms with Crippen LogP contribution in [0.2, 0.25) is 0 Å². The molecule has 2 aromatic carbocycles. The van der Waals surface area contributed by atoms with Gasteiger partial charge in [-0.05, 0) is 36.4 Å². The van der Waals surface area contributed by atoms with Crippen molar-refractivity contribution in [3.05, 3.63) is 36.4 Å². The van der Waals surface area contributed by atoms with Crippen molar-refractivity contribution >= 4 is 28.4 Å². The highest BCUT2D eigenvalue weighted by atomic mass is 35.5. The molecule has 0 aliphatic rings. The van der Waals surface area contributed by atoms with Crippen molar-refractivity contribution in [1.29, 1.82) is 0 Å². The Morgan fingerprint density at radius 1 is 1.16 bits per heavy atom. The average molecular weight is 363 g/mol. The number of oxazole rings is 1. The Bertz CT molecular complexity index is 865. The zero-order valence-electron chi connectivity index (χ0n) is 14.0. The molecule has 7 heteroatoms. The molecule has 0 saturated carbocycles. The number of aliphatic hydroxyl groups is 1. The molecule has 0 saturated heterocycles. The van der Waals surface area contributed by atoms with Crippen molar-refractivity contribution in [1.82, 2.24) is 4.98 Å².